The van der Waals surface area contributed by atoms with E-state index in [1.807, 2.05) is 20.0 Å². The van der Waals surface area contributed by atoms with E-state index >= 15 is 0 Å². The van der Waals surface area contributed by atoms with Gasteiger partial charge in [-0.2, -0.15) is 5.10 Å². The van der Waals surface area contributed by atoms with Crippen molar-refractivity contribution in [3.8, 4) is 0 Å². The highest BCUT2D eigenvalue weighted by atomic mass is 32.2. The highest BCUT2D eigenvalue weighted by Crippen LogP contribution is 2.48. The molecular weight excluding hydrogens is 392 g/mol. The van der Waals surface area contributed by atoms with Crippen LogP contribution in [0.4, 0.5) is 5.82 Å². The minimum atomic E-state index is -0.176. The Bertz CT molecular complexity index is 852. The van der Waals surface area contributed by atoms with Crippen molar-refractivity contribution in [1.82, 2.24) is 15.1 Å². The van der Waals surface area contributed by atoms with E-state index in [0.29, 0.717) is 12.3 Å². The Hall–Kier alpha value is -1.80. The highest BCUT2D eigenvalue weighted by Gasteiger charge is 2.39. The van der Waals surface area contributed by atoms with Gasteiger partial charge in [0.25, 0.3) is 0 Å². The van der Waals surface area contributed by atoms with Crippen molar-refractivity contribution in [3.63, 3.8) is 0 Å². The predicted molar refractivity (Wildman–Crippen MR) is 116 cm³/mol. The molecule has 0 saturated heterocycles. The fourth-order valence-corrected chi connectivity index (χ4v) is 5.55. The molecule has 0 aliphatic carbocycles. The van der Waals surface area contributed by atoms with E-state index in [-0.39, 0.29) is 29.0 Å². The number of thiophene rings is 1. The van der Waals surface area contributed by atoms with Crippen LogP contribution in [0.5, 0.6) is 0 Å². The van der Waals surface area contributed by atoms with E-state index in [4.69, 9.17) is 5.10 Å². The molecule has 2 aromatic rings. The number of aryl methyl sites for hydroxylation is 1. The van der Waals surface area contributed by atoms with Crippen molar-refractivity contribution in [2.75, 3.05) is 23.7 Å². The van der Waals surface area contributed by atoms with Gasteiger partial charge in [-0.3, -0.25) is 19.2 Å². The Morgan fingerprint density at radius 2 is 2.14 bits per heavy atom. The van der Waals surface area contributed by atoms with Gasteiger partial charge in [-0.1, -0.05) is 33.8 Å². The average molecular weight is 421 g/mol. The molecule has 8 heteroatoms. The molecule has 28 heavy (non-hydrogen) atoms. The normalized spacial score (nSPS) is 17.4. The average Bonchev–Trinajstić information content (AvgIpc) is 3.23. The van der Waals surface area contributed by atoms with Gasteiger partial charge >= 0.3 is 0 Å². The van der Waals surface area contributed by atoms with Gasteiger partial charge in [0.05, 0.1) is 16.7 Å². The summed E-state index contributed by atoms with van der Waals surface area (Å²) in [6.07, 6.45) is 0.862. The van der Waals surface area contributed by atoms with Crippen molar-refractivity contribution in [2.24, 2.45) is 7.05 Å². The number of thioether (sulfide) groups is 1. The maximum absolute atomic E-state index is 13.0. The van der Waals surface area contributed by atoms with E-state index in [1.54, 1.807) is 32.7 Å². The fourth-order valence-electron chi connectivity index (χ4n) is 3.37. The molecule has 0 saturated carbocycles. The van der Waals surface area contributed by atoms with Gasteiger partial charge < -0.3 is 5.32 Å². The van der Waals surface area contributed by atoms with Gasteiger partial charge in [0, 0.05) is 29.4 Å². The number of anilines is 1. The molecular formula is C20H28N4O2S2. The number of nitrogens with one attached hydrogen (secondary N) is 1. The molecule has 0 fully saturated rings. The van der Waals surface area contributed by atoms with Crippen LogP contribution in [0.2, 0.25) is 0 Å². The Morgan fingerprint density at radius 1 is 1.39 bits per heavy atom. The molecule has 152 valence electrons. The van der Waals surface area contributed by atoms with Crippen LogP contribution in [0.15, 0.2) is 17.5 Å². The predicted octanol–water partition coefficient (Wildman–Crippen LogP) is 3.47. The first-order chi connectivity index (χ1) is 13.2. The van der Waals surface area contributed by atoms with Gasteiger partial charge in [-0.15, -0.1) is 23.1 Å². The van der Waals surface area contributed by atoms with Gasteiger partial charge in [-0.25, -0.2) is 0 Å². The standard InChI is InChI=1S/C20H28N4O2S2/c1-6-9-21-14(25)11-24-15(26)12-28-17(13-8-7-10-27-13)16-18(20(2,3)4)22-23(5)19(16)24/h7-8,10,17H,6,9,11-12H2,1-5H3,(H,21,25). The van der Waals surface area contributed by atoms with E-state index in [9.17, 15) is 9.59 Å². The number of carbonyl (C=O) groups is 2. The molecule has 0 bridgehead atoms. The molecule has 1 atom stereocenters. The molecule has 0 spiro atoms. The summed E-state index contributed by atoms with van der Waals surface area (Å²) in [5.74, 6) is 0.881. The van der Waals surface area contributed by atoms with Crippen molar-refractivity contribution in [2.45, 2.75) is 44.8 Å². The van der Waals surface area contributed by atoms with Crippen LogP contribution in [0.25, 0.3) is 0 Å². The van der Waals surface area contributed by atoms with E-state index < -0.39 is 0 Å². The minimum Gasteiger partial charge on any atom is -0.355 e. The summed E-state index contributed by atoms with van der Waals surface area (Å²) in [6, 6.07) is 4.15. The van der Waals surface area contributed by atoms with Gasteiger partial charge in [0.1, 0.15) is 12.4 Å². The van der Waals surface area contributed by atoms with Crippen molar-refractivity contribution in [1.29, 1.82) is 0 Å². The summed E-state index contributed by atoms with van der Waals surface area (Å²) >= 11 is 3.31. The lowest BCUT2D eigenvalue weighted by Crippen LogP contribution is -2.42. The van der Waals surface area contributed by atoms with Gasteiger partial charge in [-0.05, 0) is 17.9 Å². The number of nitrogens with zero attached hydrogens (tertiary/aromatic N) is 3. The van der Waals surface area contributed by atoms with Gasteiger partial charge in [0.2, 0.25) is 11.8 Å². The maximum Gasteiger partial charge on any atom is 0.240 e. The van der Waals surface area contributed by atoms with Crippen LogP contribution in [0.1, 0.15) is 55.5 Å². The lowest BCUT2D eigenvalue weighted by molar-refractivity contribution is -0.122. The lowest BCUT2D eigenvalue weighted by atomic mass is 9.88. The zero-order valence-corrected chi connectivity index (χ0v) is 18.7. The van der Waals surface area contributed by atoms with E-state index in [1.165, 1.54) is 4.88 Å². The second-order valence-corrected chi connectivity index (χ2v) is 10.1. The maximum atomic E-state index is 13.0. The van der Waals surface area contributed by atoms with Crippen molar-refractivity contribution in [3.05, 3.63) is 33.6 Å². The van der Waals surface area contributed by atoms with Crippen LogP contribution < -0.4 is 10.2 Å². The smallest absolute Gasteiger partial charge is 0.240 e. The number of aromatic nitrogens is 2. The van der Waals surface area contributed by atoms with Crippen LogP contribution in [-0.2, 0) is 22.1 Å². The largest absolute Gasteiger partial charge is 0.355 e. The second kappa shape index (κ2) is 8.29. The summed E-state index contributed by atoms with van der Waals surface area (Å²) < 4.78 is 1.77. The first kappa shape index (κ1) is 20.9. The monoisotopic (exact) mass is 420 g/mol. The molecule has 2 aromatic heterocycles. The first-order valence-corrected chi connectivity index (χ1v) is 11.5. The van der Waals surface area contributed by atoms with Crippen molar-refractivity contribution < 1.29 is 9.59 Å². The molecule has 3 heterocycles. The quantitative estimate of drug-likeness (QED) is 0.804. The topological polar surface area (TPSA) is 67.2 Å². The number of hydrogen-bond donors (Lipinski definition) is 1. The van der Waals surface area contributed by atoms with Crippen molar-refractivity contribution >= 4 is 40.7 Å². The van der Waals surface area contributed by atoms with Crippen LogP contribution in [0, 0.1) is 0 Å². The molecule has 1 aliphatic rings. The minimum absolute atomic E-state index is 0.0205. The molecule has 2 amide bonds. The molecule has 6 nitrogen and oxygen atoms in total. The number of rotatable bonds is 5. The van der Waals surface area contributed by atoms with Gasteiger partial charge in [0.15, 0.2) is 0 Å². The van der Waals surface area contributed by atoms with E-state index in [2.05, 4.69) is 37.5 Å². The van der Waals surface area contributed by atoms with E-state index in [0.717, 1.165) is 23.5 Å². The Kier molecular flexibility index (Phi) is 6.19. The lowest BCUT2D eigenvalue weighted by Gasteiger charge is -2.23. The number of amides is 2. The molecule has 0 radical (unpaired) electrons. The molecule has 1 N–H and O–H groups in total. The third-order valence-corrected chi connectivity index (χ3v) is 6.95. The second-order valence-electron chi connectivity index (χ2n) is 8.00. The SMILES string of the molecule is CCCNC(=O)CN1C(=O)CSC(c2cccs2)c2c(C(C)(C)C)nn(C)c21. The van der Waals surface area contributed by atoms with Crippen LogP contribution in [-0.4, -0.2) is 40.4 Å². The highest BCUT2D eigenvalue weighted by molar-refractivity contribution is 8.00. The summed E-state index contributed by atoms with van der Waals surface area (Å²) in [5.41, 5.74) is 1.85. The summed E-state index contributed by atoms with van der Waals surface area (Å²) in [7, 11) is 1.86. The Morgan fingerprint density at radius 3 is 2.75 bits per heavy atom. The molecule has 3 rings (SSSR count). The molecule has 1 aliphatic heterocycles. The number of carbonyl (C=O) groups excluding carboxylic acids is 2. The number of fused-ring (bicyclic) bond motifs is 1. The molecule has 1 unspecified atom stereocenters. The number of hydrogen-bond acceptors (Lipinski definition) is 5. The summed E-state index contributed by atoms with van der Waals surface area (Å²) in [4.78, 5) is 28.2. The first-order valence-electron chi connectivity index (χ1n) is 9.53. The van der Waals surface area contributed by atoms with Crippen LogP contribution >= 0.6 is 23.1 Å². The zero-order chi connectivity index (χ0) is 20.5. The fraction of sp³-hybridized carbons (Fsp3) is 0.550. The summed E-state index contributed by atoms with van der Waals surface area (Å²) in [6.45, 7) is 9.05. The zero-order valence-electron chi connectivity index (χ0n) is 17.1. The Balaban J connectivity index is 2.12. The Labute approximate surface area is 174 Å². The van der Waals surface area contributed by atoms with Crippen LogP contribution in [0.3, 0.4) is 0 Å². The molecule has 0 aromatic carbocycles. The third-order valence-electron chi connectivity index (χ3n) is 4.63. The summed E-state index contributed by atoms with van der Waals surface area (Å²) in [5, 5.41) is 9.78. The third kappa shape index (κ3) is 4.12.